The highest BCUT2D eigenvalue weighted by molar-refractivity contribution is 6.02. The Kier molecular flexibility index (Phi) is 5.76. The molecule has 1 atom stereocenters. The van der Waals surface area contributed by atoms with Gasteiger partial charge in [-0.05, 0) is 36.6 Å². The number of methoxy groups -OCH3 is 2. The summed E-state index contributed by atoms with van der Waals surface area (Å²) >= 11 is 0. The Bertz CT molecular complexity index is 1050. The van der Waals surface area contributed by atoms with Gasteiger partial charge in [0.25, 0.3) is 0 Å². The maximum atomic E-state index is 13.1. The number of hydrazone groups is 1. The topological polar surface area (TPSA) is 59.9 Å². The molecule has 0 aliphatic heterocycles. The first-order valence-electron chi connectivity index (χ1n) is 10.3. The van der Waals surface area contributed by atoms with Gasteiger partial charge in [0.2, 0.25) is 5.91 Å². The second-order valence-corrected chi connectivity index (χ2v) is 7.70. The van der Waals surface area contributed by atoms with Gasteiger partial charge < -0.3 is 9.47 Å². The number of amides is 1. The van der Waals surface area contributed by atoms with Gasteiger partial charge in [0.1, 0.15) is 11.5 Å². The maximum Gasteiger partial charge on any atom is 0.244 e. The summed E-state index contributed by atoms with van der Waals surface area (Å²) in [5.74, 6) is 1.08. The summed E-state index contributed by atoms with van der Waals surface area (Å²) in [6, 6.07) is 26.0. The summed E-state index contributed by atoms with van der Waals surface area (Å²) in [5, 5.41) is 4.37. The number of ether oxygens (including phenoxy) is 2. The molecule has 31 heavy (non-hydrogen) atoms. The quantitative estimate of drug-likeness (QED) is 0.456. The van der Waals surface area contributed by atoms with Crippen molar-refractivity contribution in [3.63, 3.8) is 0 Å². The average molecular weight is 415 g/mol. The number of hydrogen-bond donors (Lipinski definition) is 1. The van der Waals surface area contributed by atoms with E-state index in [2.05, 4.69) is 34.8 Å². The minimum absolute atomic E-state index is 0.0838. The normalized spacial score (nSPS) is 17.0. The number of carbonyl (C=O) groups is 1. The van der Waals surface area contributed by atoms with Gasteiger partial charge in [-0.3, -0.25) is 4.79 Å². The SMILES string of the molecule is COc1ccc(/C(C)=N\NC(=O)C2CC2(c2ccccc2)c2ccccc2)c(OC)c1. The summed E-state index contributed by atoms with van der Waals surface area (Å²) in [6.07, 6.45) is 0.757. The molecule has 0 spiro atoms. The van der Waals surface area contributed by atoms with Crippen LogP contribution in [0.25, 0.3) is 0 Å². The molecule has 0 heterocycles. The van der Waals surface area contributed by atoms with E-state index in [1.807, 2.05) is 55.5 Å². The molecule has 0 saturated heterocycles. The summed E-state index contributed by atoms with van der Waals surface area (Å²) in [6.45, 7) is 1.85. The molecular weight excluding hydrogens is 388 g/mol. The molecule has 3 aromatic carbocycles. The van der Waals surface area contributed by atoms with E-state index in [4.69, 9.17) is 9.47 Å². The number of rotatable bonds is 7. The monoisotopic (exact) mass is 414 g/mol. The maximum absolute atomic E-state index is 13.1. The second kappa shape index (κ2) is 8.64. The molecule has 5 heteroatoms. The molecule has 0 aromatic heterocycles. The van der Waals surface area contributed by atoms with Crippen LogP contribution in [0.3, 0.4) is 0 Å². The van der Waals surface area contributed by atoms with E-state index < -0.39 is 0 Å². The smallest absolute Gasteiger partial charge is 0.244 e. The van der Waals surface area contributed by atoms with E-state index in [0.29, 0.717) is 17.2 Å². The Morgan fingerprint density at radius 3 is 2.10 bits per heavy atom. The highest BCUT2D eigenvalue weighted by Gasteiger charge is 2.60. The largest absolute Gasteiger partial charge is 0.497 e. The molecule has 1 unspecified atom stereocenters. The average Bonchev–Trinajstić information content (AvgIpc) is 3.60. The van der Waals surface area contributed by atoms with E-state index in [1.54, 1.807) is 20.3 Å². The van der Waals surface area contributed by atoms with Crippen molar-refractivity contribution in [1.29, 1.82) is 0 Å². The van der Waals surface area contributed by atoms with Crippen LogP contribution in [0.15, 0.2) is 84.0 Å². The zero-order valence-electron chi connectivity index (χ0n) is 18.0. The van der Waals surface area contributed by atoms with Gasteiger partial charge >= 0.3 is 0 Å². The third-order valence-electron chi connectivity index (χ3n) is 5.99. The van der Waals surface area contributed by atoms with E-state index >= 15 is 0 Å². The van der Waals surface area contributed by atoms with Crippen LogP contribution < -0.4 is 14.9 Å². The number of nitrogens with zero attached hydrogens (tertiary/aromatic N) is 1. The molecular formula is C26H26N2O3. The van der Waals surface area contributed by atoms with Crippen molar-refractivity contribution in [3.05, 3.63) is 95.6 Å². The molecule has 1 saturated carbocycles. The zero-order chi connectivity index (χ0) is 21.8. The van der Waals surface area contributed by atoms with Crippen molar-refractivity contribution in [3.8, 4) is 11.5 Å². The van der Waals surface area contributed by atoms with E-state index in [0.717, 1.165) is 23.1 Å². The molecule has 158 valence electrons. The van der Waals surface area contributed by atoms with Crippen LogP contribution in [0, 0.1) is 5.92 Å². The van der Waals surface area contributed by atoms with Crippen molar-refractivity contribution in [2.24, 2.45) is 11.0 Å². The molecule has 1 aliphatic rings. The van der Waals surface area contributed by atoms with Gasteiger partial charge in [0.15, 0.2) is 0 Å². The molecule has 0 radical (unpaired) electrons. The van der Waals surface area contributed by atoms with Crippen LogP contribution in [0.5, 0.6) is 11.5 Å². The van der Waals surface area contributed by atoms with E-state index in [-0.39, 0.29) is 17.2 Å². The predicted molar refractivity (Wildman–Crippen MR) is 122 cm³/mol. The molecule has 1 N–H and O–H groups in total. The standard InChI is InChI=1S/C26H26N2O3/c1-18(22-15-14-21(30-2)16-24(22)31-3)27-28-25(29)23-17-26(23,19-10-6-4-7-11-19)20-12-8-5-9-13-20/h4-16,23H,17H2,1-3H3,(H,28,29)/b27-18-. The third-order valence-corrected chi connectivity index (χ3v) is 5.99. The van der Waals surface area contributed by atoms with Gasteiger partial charge in [0, 0.05) is 17.0 Å². The van der Waals surface area contributed by atoms with E-state index in [9.17, 15) is 4.79 Å². The van der Waals surface area contributed by atoms with Gasteiger partial charge in [-0.2, -0.15) is 5.10 Å². The van der Waals surface area contributed by atoms with Crippen molar-refractivity contribution in [1.82, 2.24) is 5.43 Å². The highest BCUT2D eigenvalue weighted by atomic mass is 16.5. The van der Waals surface area contributed by atoms with Crippen molar-refractivity contribution >= 4 is 11.6 Å². The summed E-state index contributed by atoms with van der Waals surface area (Å²) in [5.41, 5.74) is 6.24. The Balaban J connectivity index is 1.57. The number of carbonyl (C=O) groups excluding carboxylic acids is 1. The third kappa shape index (κ3) is 3.91. The lowest BCUT2D eigenvalue weighted by atomic mass is 9.85. The first-order valence-corrected chi connectivity index (χ1v) is 10.3. The Morgan fingerprint density at radius 2 is 1.55 bits per heavy atom. The van der Waals surface area contributed by atoms with Gasteiger partial charge in [-0.1, -0.05) is 60.7 Å². The Labute approximate surface area is 182 Å². The van der Waals surface area contributed by atoms with Crippen LogP contribution in [0.2, 0.25) is 0 Å². The summed E-state index contributed by atoms with van der Waals surface area (Å²) in [7, 11) is 3.21. The summed E-state index contributed by atoms with van der Waals surface area (Å²) < 4.78 is 10.7. The van der Waals surface area contributed by atoms with Crippen molar-refractivity contribution < 1.29 is 14.3 Å². The molecule has 1 amide bonds. The van der Waals surface area contributed by atoms with Gasteiger partial charge in [-0.15, -0.1) is 0 Å². The summed E-state index contributed by atoms with van der Waals surface area (Å²) in [4.78, 5) is 13.1. The van der Waals surface area contributed by atoms with Crippen molar-refractivity contribution in [2.75, 3.05) is 14.2 Å². The first kappa shape index (κ1) is 20.7. The molecule has 3 aromatic rings. The number of hydrogen-bond acceptors (Lipinski definition) is 4. The molecule has 1 aliphatic carbocycles. The Morgan fingerprint density at radius 1 is 0.935 bits per heavy atom. The lowest BCUT2D eigenvalue weighted by molar-refractivity contribution is -0.122. The van der Waals surface area contributed by atoms with Crippen LogP contribution >= 0.6 is 0 Å². The fourth-order valence-electron chi connectivity index (χ4n) is 4.23. The fourth-order valence-corrected chi connectivity index (χ4v) is 4.23. The molecule has 1 fully saturated rings. The number of nitrogens with one attached hydrogen (secondary N) is 1. The zero-order valence-corrected chi connectivity index (χ0v) is 18.0. The van der Waals surface area contributed by atoms with Gasteiger partial charge in [-0.25, -0.2) is 5.43 Å². The number of benzene rings is 3. The minimum atomic E-state index is -0.312. The van der Waals surface area contributed by atoms with E-state index in [1.165, 1.54) is 0 Å². The lowest BCUT2D eigenvalue weighted by Crippen LogP contribution is -2.26. The fraction of sp³-hybridized carbons (Fsp3) is 0.231. The van der Waals surface area contributed by atoms with Crippen LogP contribution in [-0.2, 0) is 10.2 Å². The predicted octanol–water partition coefficient (Wildman–Crippen LogP) is 4.55. The lowest BCUT2D eigenvalue weighted by Gasteiger charge is -2.18. The van der Waals surface area contributed by atoms with Crippen LogP contribution in [0.4, 0.5) is 0 Å². The van der Waals surface area contributed by atoms with Crippen LogP contribution in [-0.4, -0.2) is 25.8 Å². The minimum Gasteiger partial charge on any atom is -0.497 e. The van der Waals surface area contributed by atoms with Gasteiger partial charge in [0.05, 0.1) is 25.8 Å². The molecule has 5 nitrogen and oxygen atoms in total. The first-order chi connectivity index (χ1) is 15.1. The highest BCUT2D eigenvalue weighted by Crippen LogP contribution is 2.58. The molecule has 4 rings (SSSR count). The van der Waals surface area contributed by atoms with Crippen LogP contribution in [0.1, 0.15) is 30.0 Å². The second-order valence-electron chi connectivity index (χ2n) is 7.70. The van der Waals surface area contributed by atoms with Crippen molar-refractivity contribution in [2.45, 2.75) is 18.8 Å². The Hall–Kier alpha value is -3.60. The molecule has 0 bridgehead atoms.